The Morgan fingerprint density at radius 2 is 2.25 bits per heavy atom. The van der Waals surface area contributed by atoms with Crippen LogP contribution in [0.15, 0.2) is 0 Å². The van der Waals surface area contributed by atoms with Crippen molar-refractivity contribution < 1.29 is 5.11 Å². The Labute approximate surface area is 48.9 Å². The Kier molecular flexibility index (Phi) is 0.866. The molecule has 0 spiro atoms. The second-order valence-electron chi connectivity index (χ2n) is 2.85. The first-order chi connectivity index (χ1) is 3.86. The highest BCUT2D eigenvalue weighted by Crippen LogP contribution is 2.27. The Balaban J connectivity index is 2.11. The van der Waals surface area contributed by atoms with E-state index in [1.165, 1.54) is 12.8 Å². The Morgan fingerprint density at radius 1 is 1.38 bits per heavy atom. The molecule has 2 aliphatic rings. The van der Waals surface area contributed by atoms with Gasteiger partial charge >= 0.3 is 0 Å². The van der Waals surface area contributed by atoms with E-state index in [4.69, 9.17) is 5.11 Å². The molecule has 2 fully saturated rings. The molecule has 2 heterocycles. The Morgan fingerprint density at radius 3 is 2.50 bits per heavy atom. The fourth-order valence-electron chi connectivity index (χ4n) is 1.80. The Hall–Kier alpha value is -0.0800. The second-order valence-corrected chi connectivity index (χ2v) is 2.85. The number of hydrogen-bond acceptors (Lipinski definition) is 2. The van der Waals surface area contributed by atoms with E-state index >= 15 is 0 Å². The van der Waals surface area contributed by atoms with E-state index in [1.807, 2.05) is 0 Å². The topological polar surface area (TPSA) is 32.3 Å². The molecule has 46 valence electrons. The fraction of sp³-hybridized carbons (Fsp3) is 1.00. The zero-order valence-corrected chi connectivity index (χ0v) is 4.80. The quantitative estimate of drug-likeness (QED) is 0.458. The van der Waals surface area contributed by atoms with Gasteiger partial charge in [0.25, 0.3) is 0 Å². The Bertz CT molecular complexity index is 103. The predicted molar refractivity (Wildman–Crippen MR) is 30.6 cm³/mol. The summed E-state index contributed by atoms with van der Waals surface area (Å²) in [6, 6.07) is 1.09. The van der Waals surface area contributed by atoms with Crippen LogP contribution in [0.4, 0.5) is 0 Å². The van der Waals surface area contributed by atoms with Gasteiger partial charge < -0.3 is 10.4 Å². The second kappa shape index (κ2) is 1.45. The minimum atomic E-state index is -0.0336. The van der Waals surface area contributed by atoms with Crippen molar-refractivity contribution in [3.63, 3.8) is 0 Å². The third-order valence-corrected chi connectivity index (χ3v) is 2.27. The van der Waals surface area contributed by atoms with Crippen LogP contribution in [0.25, 0.3) is 0 Å². The van der Waals surface area contributed by atoms with Crippen LogP contribution in [-0.4, -0.2) is 23.3 Å². The first-order valence-corrected chi connectivity index (χ1v) is 3.30. The van der Waals surface area contributed by atoms with Crippen molar-refractivity contribution in [2.45, 2.75) is 37.5 Å². The lowest BCUT2D eigenvalue weighted by Crippen LogP contribution is -2.26. The fourth-order valence-corrected chi connectivity index (χ4v) is 1.80. The van der Waals surface area contributed by atoms with E-state index < -0.39 is 0 Å². The van der Waals surface area contributed by atoms with E-state index in [0.29, 0.717) is 12.1 Å². The molecule has 2 bridgehead atoms. The van der Waals surface area contributed by atoms with E-state index in [0.717, 1.165) is 6.42 Å². The van der Waals surface area contributed by atoms with Crippen LogP contribution in [0, 0.1) is 0 Å². The molecule has 0 radical (unpaired) electrons. The summed E-state index contributed by atoms with van der Waals surface area (Å²) in [7, 11) is 0. The average Bonchev–Trinajstić information content (AvgIpc) is 2.23. The van der Waals surface area contributed by atoms with Gasteiger partial charge in [0.2, 0.25) is 0 Å². The molecule has 0 unspecified atom stereocenters. The van der Waals surface area contributed by atoms with Crippen molar-refractivity contribution in [3.05, 3.63) is 0 Å². The van der Waals surface area contributed by atoms with E-state index in [9.17, 15) is 0 Å². The average molecular weight is 113 g/mol. The molecule has 2 rings (SSSR count). The van der Waals surface area contributed by atoms with Gasteiger partial charge in [-0.15, -0.1) is 0 Å². The van der Waals surface area contributed by atoms with Crippen molar-refractivity contribution in [2.75, 3.05) is 0 Å². The zero-order valence-electron chi connectivity index (χ0n) is 4.80. The lowest BCUT2D eigenvalue weighted by molar-refractivity contribution is 0.145. The highest BCUT2D eigenvalue weighted by atomic mass is 16.3. The van der Waals surface area contributed by atoms with Gasteiger partial charge in [0.05, 0.1) is 6.10 Å². The number of nitrogens with one attached hydrogen (secondary N) is 1. The predicted octanol–water partition coefficient (Wildman–Crippen LogP) is -0.128. The molecule has 2 nitrogen and oxygen atoms in total. The zero-order chi connectivity index (χ0) is 5.56. The van der Waals surface area contributed by atoms with Crippen molar-refractivity contribution in [3.8, 4) is 0 Å². The molecule has 0 saturated carbocycles. The SMILES string of the molecule is O[C@@H]1C[C@H]2CC[C@H]1N2. The molecule has 2 heteroatoms. The van der Waals surface area contributed by atoms with E-state index in [-0.39, 0.29) is 6.10 Å². The van der Waals surface area contributed by atoms with Crippen molar-refractivity contribution in [1.29, 1.82) is 0 Å². The normalized spacial score (nSPS) is 52.9. The molecule has 3 atom stereocenters. The van der Waals surface area contributed by atoms with Gasteiger partial charge in [-0.25, -0.2) is 0 Å². The summed E-state index contributed by atoms with van der Waals surface area (Å²) in [5, 5.41) is 12.5. The van der Waals surface area contributed by atoms with Crippen molar-refractivity contribution in [2.24, 2.45) is 0 Å². The molecular weight excluding hydrogens is 102 g/mol. The van der Waals surface area contributed by atoms with Gasteiger partial charge in [0.15, 0.2) is 0 Å². The van der Waals surface area contributed by atoms with Gasteiger partial charge in [0.1, 0.15) is 0 Å². The molecular formula is C6H11NO. The highest BCUT2D eigenvalue weighted by Gasteiger charge is 2.37. The maximum absolute atomic E-state index is 9.16. The van der Waals surface area contributed by atoms with Gasteiger partial charge in [-0.1, -0.05) is 0 Å². The largest absolute Gasteiger partial charge is 0.391 e. The minimum Gasteiger partial charge on any atom is -0.391 e. The summed E-state index contributed by atoms with van der Waals surface area (Å²) in [5.74, 6) is 0. The summed E-state index contributed by atoms with van der Waals surface area (Å²) in [4.78, 5) is 0. The molecule has 0 amide bonds. The lowest BCUT2D eigenvalue weighted by atomic mass is 9.98. The first-order valence-electron chi connectivity index (χ1n) is 3.30. The highest BCUT2D eigenvalue weighted by molar-refractivity contribution is 4.97. The summed E-state index contributed by atoms with van der Waals surface area (Å²) in [6.45, 7) is 0. The summed E-state index contributed by atoms with van der Waals surface area (Å²) in [5.41, 5.74) is 0. The molecule has 2 N–H and O–H groups in total. The van der Waals surface area contributed by atoms with Gasteiger partial charge in [-0.3, -0.25) is 0 Å². The standard InChI is InChI=1S/C6H11NO/c8-6-3-4-1-2-5(6)7-4/h4-8H,1-3H2/t4-,5-,6-/m1/s1. The van der Waals surface area contributed by atoms with Gasteiger partial charge in [-0.2, -0.15) is 0 Å². The number of aliphatic hydroxyl groups excluding tert-OH is 1. The molecule has 0 aromatic heterocycles. The third kappa shape index (κ3) is 0.501. The van der Waals surface area contributed by atoms with Crippen LogP contribution >= 0.6 is 0 Å². The smallest absolute Gasteiger partial charge is 0.0708 e. The van der Waals surface area contributed by atoms with Crippen LogP contribution < -0.4 is 5.32 Å². The molecule has 0 aliphatic carbocycles. The first kappa shape index (κ1) is 4.77. The van der Waals surface area contributed by atoms with Crippen LogP contribution in [0.2, 0.25) is 0 Å². The molecule has 0 aromatic carbocycles. The molecule has 2 aliphatic heterocycles. The monoisotopic (exact) mass is 113 g/mol. The molecule has 0 aromatic rings. The number of fused-ring (bicyclic) bond motifs is 2. The minimum absolute atomic E-state index is 0.0336. The van der Waals surface area contributed by atoms with Crippen molar-refractivity contribution in [1.82, 2.24) is 5.32 Å². The van der Waals surface area contributed by atoms with Crippen LogP contribution in [0.5, 0.6) is 0 Å². The third-order valence-electron chi connectivity index (χ3n) is 2.27. The van der Waals surface area contributed by atoms with Crippen LogP contribution in [-0.2, 0) is 0 Å². The maximum atomic E-state index is 9.16. The summed E-state index contributed by atoms with van der Waals surface area (Å²) < 4.78 is 0. The molecule has 2 saturated heterocycles. The number of aliphatic hydroxyl groups is 1. The lowest BCUT2D eigenvalue weighted by Gasteiger charge is -2.12. The van der Waals surface area contributed by atoms with Crippen LogP contribution in [0.1, 0.15) is 19.3 Å². The van der Waals surface area contributed by atoms with Crippen LogP contribution in [0.3, 0.4) is 0 Å². The molecule has 8 heavy (non-hydrogen) atoms. The van der Waals surface area contributed by atoms with Crippen molar-refractivity contribution >= 4 is 0 Å². The number of rotatable bonds is 0. The summed E-state index contributed by atoms with van der Waals surface area (Å²) >= 11 is 0. The van der Waals surface area contributed by atoms with E-state index in [2.05, 4.69) is 5.32 Å². The number of hydrogen-bond donors (Lipinski definition) is 2. The summed E-state index contributed by atoms with van der Waals surface area (Å²) in [6.07, 6.45) is 3.42. The maximum Gasteiger partial charge on any atom is 0.0708 e. The van der Waals surface area contributed by atoms with Gasteiger partial charge in [0, 0.05) is 12.1 Å². The van der Waals surface area contributed by atoms with E-state index in [1.54, 1.807) is 0 Å². The van der Waals surface area contributed by atoms with Gasteiger partial charge in [-0.05, 0) is 19.3 Å².